The molecule has 40 heavy (non-hydrogen) atoms. The number of hydrogen-bond donors (Lipinski definition) is 1. The maximum Gasteiger partial charge on any atom is 0.410 e. The van der Waals surface area contributed by atoms with Crippen molar-refractivity contribution < 1.29 is 23.4 Å². The van der Waals surface area contributed by atoms with E-state index >= 15 is 4.39 Å². The lowest BCUT2D eigenvalue weighted by atomic mass is 9.88. The van der Waals surface area contributed by atoms with Gasteiger partial charge in [0.2, 0.25) is 0 Å². The highest BCUT2D eigenvalue weighted by Gasteiger charge is 2.35. The number of morpholine rings is 1. The van der Waals surface area contributed by atoms with Gasteiger partial charge in [-0.2, -0.15) is 0 Å². The molecule has 1 aromatic heterocycles. The molecule has 1 atom stereocenters. The van der Waals surface area contributed by atoms with Gasteiger partial charge in [0.05, 0.1) is 24.5 Å². The smallest absolute Gasteiger partial charge is 0.410 e. The second-order valence-corrected chi connectivity index (χ2v) is 12.1. The third-order valence-electron chi connectivity index (χ3n) is 8.25. The number of rotatable bonds is 3. The van der Waals surface area contributed by atoms with E-state index in [-0.39, 0.29) is 30.2 Å². The van der Waals surface area contributed by atoms with Crippen molar-refractivity contribution in [1.82, 2.24) is 19.8 Å². The molecule has 1 aromatic carbocycles. The normalized spacial score (nSPS) is 22.1. The van der Waals surface area contributed by atoms with Crippen molar-refractivity contribution in [2.75, 3.05) is 62.7 Å². The first kappa shape index (κ1) is 27.0. The lowest BCUT2D eigenvalue weighted by Crippen LogP contribution is -2.43. The summed E-state index contributed by atoms with van der Waals surface area (Å²) in [4.78, 5) is 27.9. The molecule has 3 fully saturated rings. The number of likely N-dealkylation sites (tertiary alicyclic amines) is 2. The highest BCUT2D eigenvalue weighted by molar-refractivity contribution is 5.72. The summed E-state index contributed by atoms with van der Waals surface area (Å²) in [5.41, 5.74) is 1.91. The number of carbonyl (C=O) groups excluding carboxylic acids is 1. The molecular weight excluding hydrogens is 515 g/mol. The number of hydrogen-bond acceptors (Lipinski definition) is 9. The molecule has 1 N–H and O–H groups in total. The average Bonchev–Trinajstić information content (AvgIpc) is 3.35. The van der Waals surface area contributed by atoms with Gasteiger partial charge in [-0.15, -0.1) is 0 Å². The van der Waals surface area contributed by atoms with Gasteiger partial charge in [-0.25, -0.2) is 19.2 Å². The molecule has 0 radical (unpaired) electrons. The van der Waals surface area contributed by atoms with Crippen LogP contribution in [0.15, 0.2) is 18.5 Å². The number of aromatic nitrogens is 2. The number of halogens is 1. The average molecular weight is 555 g/mol. The molecule has 0 spiro atoms. The zero-order valence-corrected chi connectivity index (χ0v) is 23.6. The van der Waals surface area contributed by atoms with Crippen LogP contribution in [0.3, 0.4) is 0 Å². The molecule has 5 heterocycles. The van der Waals surface area contributed by atoms with Gasteiger partial charge in [0.25, 0.3) is 0 Å². The zero-order valence-electron chi connectivity index (χ0n) is 23.6. The van der Waals surface area contributed by atoms with E-state index in [1.165, 1.54) is 0 Å². The minimum absolute atomic E-state index is 0.194. The van der Waals surface area contributed by atoms with Crippen molar-refractivity contribution in [3.63, 3.8) is 0 Å². The first-order valence-electron chi connectivity index (χ1n) is 14.4. The van der Waals surface area contributed by atoms with E-state index in [9.17, 15) is 4.79 Å². The molecule has 11 heteroatoms. The van der Waals surface area contributed by atoms with Crippen LogP contribution in [-0.2, 0) is 16.1 Å². The third-order valence-corrected chi connectivity index (χ3v) is 8.25. The summed E-state index contributed by atoms with van der Waals surface area (Å²) in [6.45, 7) is 11.9. The maximum atomic E-state index is 15.4. The Kier molecular flexibility index (Phi) is 7.43. The van der Waals surface area contributed by atoms with Gasteiger partial charge in [-0.1, -0.05) is 0 Å². The topological polar surface area (TPSA) is 92.3 Å². The third kappa shape index (κ3) is 5.67. The van der Waals surface area contributed by atoms with Gasteiger partial charge in [0, 0.05) is 32.2 Å². The monoisotopic (exact) mass is 554 g/mol. The summed E-state index contributed by atoms with van der Waals surface area (Å²) in [6.07, 6.45) is 4.13. The molecule has 1 unspecified atom stereocenters. The number of carbonyl (C=O) groups is 1. The molecule has 0 bridgehead atoms. The fraction of sp³-hybridized carbons (Fsp3) is 0.621. The van der Waals surface area contributed by atoms with E-state index in [1.807, 2.05) is 31.7 Å². The maximum absolute atomic E-state index is 15.4. The summed E-state index contributed by atoms with van der Waals surface area (Å²) >= 11 is 0. The van der Waals surface area contributed by atoms with E-state index in [1.54, 1.807) is 12.4 Å². The summed E-state index contributed by atoms with van der Waals surface area (Å²) in [5.74, 6) is 1.56. The van der Waals surface area contributed by atoms with Crippen LogP contribution >= 0.6 is 0 Å². The van der Waals surface area contributed by atoms with Crippen LogP contribution in [0.4, 0.5) is 26.5 Å². The van der Waals surface area contributed by atoms with Gasteiger partial charge in [0.15, 0.2) is 11.6 Å². The van der Waals surface area contributed by atoms with Crippen molar-refractivity contribution in [2.24, 2.45) is 0 Å². The number of fused-ring (bicyclic) bond motifs is 2. The van der Waals surface area contributed by atoms with E-state index in [0.717, 1.165) is 68.9 Å². The van der Waals surface area contributed by atoms with Crippen LogP contribution in [0.2, 0.25) is 0 Å². The van der Waals surface area contributed by atoms with Gasteiger partial charge in [-0.3, -0.25) is 4.90 Å². The van der Waals surface area contributed by atoms with Gasteiger partial charge >= 0.3 is 6.09 Å². The highest BCUT2D eigenvalue weighted by atomic mass is 19.1. The molecule has 0 saturated carbocycles. The number of nitrogens with one attached hydrogen (secondary N) is 1. The Morgan fingerprint density at radius 1 is 1.07 bits per heavy atom. The predicted molar refractivity (Wildman–Crippen MR) is 149 cm³/mol. The standard InChI is InChI=1S/C29H39FN6O4/c1-29(2,3)40-28(37)36-9-6-21(16-36)34-7-4-19(5-8-34)20-14-23(30)25-24(15-20)33-26-22(17-39-25)27(32-18-31-26)35-10-12-38-13-11-35/h14-15,18-19,21H,4-13,16-17H2,1-3H3,(H,31,32,33). The number of amides is 1. The molecule has 2 aromatic rings. The van der Waals surface area contributed by atoms with Crippen molar-refractivity contribution in [3.8, 4) is 5.75 Å². The zero-order chi connectivity index (χ0) is 27.9. The number of benzene rings is 1. The van der Waals surface area contributed by atoms with Gasteiger partial charge < -0.3 is 29.3 Å². The molecule has 216 valence electrons. The predicted octanol–water partition coefficient (Wildman–Crippen LogP) is 4.28. The highest BCUT2D eigenvalue weighted by Crippen LogP contribution is 2.41. The minimum Gasteiger partial charge on any atom is -0.483 e. The Bertz CT molecular complexity index is 1240. The molecule has 10 nitrogen and oxygen atoms in total. The quantitative estimate of drug-likeness (QED) is 0.597. The van der Waals surface area contributed by atoms with Crippen molar-refractivity contribution in [1.29, 1.82) is 0 Å². The Morgan fingerprint density at radius 2 is 1.85 bits per heavy atom. The van der Waals surface area contributed by atoms with E-state index in [0.29, 0.717) is 37.3 Å². The molecular formula is C29H39FN6O4. The fourth-order valence-electron chi connectivity index (χ4n) is 6.18. The van der Waals surface area contributed by atoms with E-state index < -0.39 is 5.60 Å². The van der Waals surface area contributed by atoms with Crippen LogP contribution in [0.1, 0.15) is 57.1 Å². The van der Waals surface area contributed by atoms with E-state index in [2.05, 4.69) is 25.1 Å². The summed E-state index contributed by atoms with van der Waals surface area (Å²) < 4.78 is 32.5. The van der Waals surface area contributed by atoms with Gasteiger partial charge in [0.1, 0.15) is 30.2 Å². The molecule has 4 aliphatic rings. The molecule has 6 rings (SSSR count). The lowest BCUT2D eigenvalue weighted by molar-refractivity contribution is 0.0276. The number of nitrogens with zero attached hydrogens (tertiary/aromatic N) is 5. The first-order chi connectivity index (χ1) is 19.2. The van der Waals surface area contributed by atoms with Crippen molar-refractivity contribution >= 4 is 23.4 Å². The second kappa shape index (κ2) is 11.0. The fourth-order valence-corrected chi connectivity index (χ4v) is 6.18. The molecule has 1 amide bonds. The van der Waals surface area contributed by atoms with Gasteiger partial charge in [-0.05, 0) is 76.7 Å². The Balaban J connectivity index is 1.12. The molecule has 3 saturated heterocycles. The SMILES string of the molecule is CC(C)(C)OC(=O)N1CCC(N2CCC(c3cc(F)c4c(c3)Nc3ncnc(N5CCOCC5)c3CO4)CC2)C1. The number of piperidine rings is 1. The Hall–Kier alpha value is -3.18. The van der Waals surface area contributed by atoms with Crippen LogP contribution in [0.5, 0.6) is 5.75 Å². The summed E-state index contributed by atoms with van der Waals surface area (Å²) in [6, 6.07) is 3.99. The minimum atomic E-state index is -0.489. The van der Waals surface area contributed by atoms with Crippen molar-refractivity contribution in [3.05, 3.63) is 35.4 Å². The Morgan fingerprint density at radius 3 is 2.60 bits per heavy atom. The molecule has 4 aliphatic heterocycles. The summed E-state index contributed by atoms with van der Waals surface area (Å²) in [7, 11) is 0. The van der Waals surface area contributed by atoms with E-state index in [4.69, 9.17) is 14.2 Å². The number of ether oxygens (including phenoxy) is 3. The second-order valence-electron chi connectivity index (χ2n) is 12.1. The van der Waals surface area contributed by atoms with Crippen molar-refractivity contribution in [2.45, 2.75) is 64.2 Å². The number of anilines is 3. The van der Waals surface area contributed by atoms with Crippen LogP contribution in [-0.4, -0.2) is 90.0 Å². The summed E-state index contributed by atoms with van der Waals surface area (Å²) in [5, 5.41) is 3.35. The first-order valence-corrected chi connectivity index (χ1v) is 14.4. The molecule has 0 aliphatic carbocycles. The Labute approximate surface area is 234 Å². The van der Waals surface area contributed by atoms with Crippen LogP contribution in [0.25, 0.3) is 0 Å². The van der Waals surface area contributed by atoms with Crippen LogP contribution < -0.4 is 15.0 Å². The van der Waals surface area contributed by atoms with Crippen LogP contribution in [0, 0.1) is 5.82 Å². The largest absolute Gasteiger partial charge is 0.483 e. The lowest BCUT2D eigenvalue weighted by Gasteiger charge is -2.36.